The summed E-state index contributed by atoms with van der Waals surface area (Å²) in [5.41, 5.74) is 0.902. The van der Waals surface area contributed by atoms with Crippen molar-refractivity contribution in [2.75, 3.05) is 10.6 Å². The fourth-order valence-corrected chi connectivity index (χ4v) is 2.11. The summed E-state index contributed by atoms with van der Waals surface area (Å²) in [6, 6.07) is 9.00. The maximum Gasteiger partial charge on any atom is 0.319 e. The summed E-state index contributed by atoms with van der Waals surface area (Å²) in [7, 11) is 0. The molecule has 0 aromatic heterocycles. The van der Waals surface area contributed by atoms with Crippen molar-refractivity contribution >= 4 is 23.3 Å². The van der Waals surface area contributed by atoms with Crippen molar-refractivity contribution in [2.45, 2.75) is 18.9 Å². The number of halogens is 2. The lowest BCUT2D eigenvalue weighted by Gasteiger charge is -2.09. The minimum absolute atomic E-state index is 0.112. The molecular formula is C17H15F2N3O2. The highest BCUT2D eigenvalue weighted by molar-refractivity contribution is 6.04. The van der Waals surface area contributed by atoms with Gasteiger partial charge in [-0.1, -0.05) is 0 Å². The second-order valence-corrected chi connectivity index (χ2v) is 5.56. The number of nitrogens with one attached hydrogen (secondary N) is 3. The van der Waals surface area contributed by atoms with Gasteiger partial charge < -0.3 is 16.0 Å². The average molecular weight is 331 g/mol. The third-order valence-electron chi connectivity index (χ3n) is 3.44. The first-order valence-corrected chi connectivity index (χ1v) is 7.44. The smallest absolute Gasteiger partial charge is 0.319 e. The fraction of sp³-hybridized carbons (Fsp3) is 0.176. The Balaban J connectivity index is 1.60. The van der Waals surface area contributed by atoms with Gasteiger partial charge in [0, 0.05) is 29.0 Å². The number of rotatable bonds is 4. The van der Waals surface area contributed by atoms with Gasteiger partial charge in [0.25, 0.3) is 5.91 Å². The van der Waals surface area contributed by atoms with Crippen LogP contribution in [0.1, 0.15) is 23.2 Å². The molecule has 0 radical (unpaired) electrons. The Morgan fingerprint density at radius 3 is 1.96 bits per heavy atom. The second-order valence-electron chi connectivity index (χ2n) is 5.56. The Hall–Kier alpha value is -2.96. The van der Waals surface area contributed by atoms with Crippen LogP contribution in [0.3, 0.4) is 0 Å². The van der Waals surface area contributed by atoms with E-state index in [0.29, 0.717) is 17.4 Å². The van der Waals surface area contributed by atoms with Gasteiger partial charge in [0.2, 0.25) is 0 Å². The molecule has 2 aromatic rings. The van der Waals surface area contributed by atoms with Crippen molar-refractivity contribution in [3.63, 3.8) is 0 Å². The number of carbonyl (C=O) groups excluding carboxylic acids is 2. The van der Waals surface area contributed by atoms with E-state index in [2.05, 4.69) is 16.0 Å². The van der Waals surface area contributed by atoms with Crippen LogP contribution in [-0.2, 0) is 0 Å². The number of urea groups is 1. The molecule has 2 aromatic carbocycles. The number of amides is 3. The van der Waals surface area contributed by atoms with E-state index in [-0.39, 0.29) is 17.6 Å². The Labute approximate surface area is 137 Å². The lowest BCUT2D eigenvalue weighted by Crippen LogP contribution is -2.30. The highest BCUT2D eigenvalue weighted by atomic mass is 19.1. The van der Waals surface area contributed by atoms with Crippen LogP contribution < -0.4 is 16.0 Å². The predicted octanol–water partition coefficient (Wildman–Crippen LogP) is 3.50. The van der Waals surface area contributed by atoms with Gasteiger partial charge in [-0.05, 0) is 49.2 Å². The SMILES string of the molecule is O=C(Nc1ccc(NC(=O)c2cc(F)cc(F)c2)cc1)NC1CC1. The summed E-state index contributed by atoms with van der Waals surface area (Å²) in [6.45, 7) is 0. The van der Waals surface area contributed by atoms with Gasteiger partial charge in [-0.2, -0.15) is 0 Å². The van der Waals surface area contributed by atoms with Crippen LogP contribution in [0.4, 0.5) is 25.0 Å². The molecule has 124 valence electrons. The van der Waals surface area contributed by atoms with E-state index in [0.717, 1.165) is 25.0 Å². The predicted molar refractivity (Wildman–Crippen MR) is 85.9 cm³/mol. The first-order chi connectivity index (χ1) is 11.5. The van der Waals surface area contributed by atoms with E-state index in [1.54, 1.807) is 24.3 Å². The molecule has 0 saturated heterocycles. The van der Waals surface area contributed by atoms with Crippen molar-refractivity contribution in [3.8, 4) is 0 Å². The minimum atomic E-state index is -0.818. The molecule has 1 fully saturated rings. The van der Waals surface area contributed by atoms with Crippen molar-refractivity contribution in [2.24, 2.45) is 0 Å². The van der Waals surface area contributed by atoms with E-state index in [4.69, 9.17) is 0 Å². The van der Waals surface area contributed by atoms with Gasteiger partial charge in [0.15, 0.2) is 0 Å². The van der Waals surface area contributed by atoms with Gasteiger partial charge in [-0.15, -0.1) is 0 Å². The maximum absolute atomic E-state index is 13.1. The summed E-state index contributed by atoms with van der Waals surface area (Å²) in [5.74, 6) is -2.26. The first kappa shape index (κ1) is 15.9. The van der Waals surface area contributed by atoms with Gasteiger partial charge in [0.05, 0.1) is 0 Å². The summed E-state index contributed by atoms with van der Waals surface area (Å²) < 4.78 is 26.3. The van der Waals surface area contributed by atoms with Crippen LogP contribution in [0.25, 0.3) is 0 Å². The zero-order chi connectivity index (χ0) is 17.1. The Morgan fingerprint density at radius 1 is 0.875 bits per heavy atom. The van der Waals surface area contributed by atoms with Gasteiger partial charge in [-0.25, -0.2) is 13.6 Å². The molecule has 0 bridgehead atoms. The highest BCUT2D eigenvalue weighted by Gasteiger charge is 2.23. The largest absolute Gasteiger partial charge is 0.335 e. The van der Waals surface area contributed by atoms with Crippen molar-refractivity contribution in [1.82, 2.24) is 5.32 Å². The van der Waals surface area contributed by atoms with E-state index < -0.39 is 17.5 Å². The molecule has 5 nitrogen and oxygen atoms in total. The van der Waals surface area contributed by atoms with E-state index in [1.807, 2.05) is 0 Å². The van der Waals surface area contributed by atoms with Gasteiger partial charge >= 0.3 is 6.03 Å². The lowest BCUT2D eigenvalue weighted by atomic mass is 10.2. The number of hydrogen-bond donors (Lipinski definition) is 3. The normalized spacial score (nSPS) is 13.2. The van der Waals surface area contributed by atoms with Crippen LogP contribution in [-0.4, -0.2) is 18.0 Å². The summed E-state index contributed by atoms with van der Waals surface area (Å²) in [4.78, 5) is 23.6. The van der Waals surface area contributed by atoms with Crippen LogP contribution >= 0.6 is 0 Å². The van der Waals surface area contributed by atoms with Crippen LogP contribution in [0.15, 0.2) is 42.5 Å². The Bertz CT molecular complexity index is 754. The molecule has 0 atom stereocenters. The molecule has 0 unspecified atom stereocenters. The third kappa shape index (κ3) is 4.28. The molecule has 0 aliphatic heterocycles. The van der Waals surface area contributed by atoms with Crippen LogP contribution in [0.2, 0.25) is 0 Å². The first-order valence-electron chi connectivity index (χ1n) is 7.44. The number of hydrogen-bond acceptors (Lipinski definition) is 2. The van der Waals surface area contributed by atoms with Gasteiger partial charge in [0.1, 0.15) is 11.6 Å². The topological polar surface area (TPSA) is 70.2 Å². The third-order valence-corrected chi connectivity index (χ3v) is 3.44. The molecule has 1 aliphatic rings. The minimum Gasteiger partial charge on any atom is -0.335 e. The average Bonchev–Trinajstić information content (AvgIpc) is 3.32. The number of benzene rings is 2. The van der Waals surface area contributed by atoms with E-state index in [1.165, 1.54) is 0 Å². The summed E-state index contributed by atoms with van der Waals surface area (Å²) >= 11 is 0. The van der Waals surface area contributed by atoms with Crippen LogP contribution in [0, 0.1) is 11.6 Å². The summed E-state index contributed by atoms with van der Waals surface area (Å²) in [6.07, 6.45) is 2.00. The second kappa shape index (κ2) is 6.66. The fourth-order valence-electron chi connectivity index (χ4n) is 2.11. The molecule has 0 spiro atoms. The maximum atomic E-state index is 13.1. The number of anilines is 2. The summed E-state index contributed by atoms with van der Waals surface area (Å²) in [5, 5.41) is 8.00. The Kier molecular flexibility index (Phi) is 4.41. The zero-order valence-electron chi connectivity index (χ0n) is 12.6. The molecule has 7 heteroatoms. The van der Waals surface area contributed by atoms with Crippen molar-refractivity contribution in [3.05, 3.63) is 59.7 Å². The van der Waals surface area contributed by atoms with Crippen molar-refractivity contribution < 1.29 is 18.4 Å². The lowest BCUT2D eigenvalue weighted by molar-refractivity contribution is 0.102. The molecule has 3 rings (SSSR count). The standard InChI is InChI=1S/C17H15F2N3O2/c18-11-7-10(8-12(19)9-11)16(23)20-13-1-3-14(4-2-13)21-17(24)22-15-5-6-15/h1-4,7-9,15H,5-6H2,(H,20,23)(H2,21,22,24). The van der Waals surface area contributed by atoms with E-state index in [9.17, 15) is 18.4 Å². The zero-order valence-corrected chi connectivity index (χ0v) is 12.6. The molecule has 0 heterocycles. The highest BCUT2D eigenvalue weighted by Crippen LogP contribution is 2.19. The van der Waals surface area contributed by atoms with E-state index >= 15 is 0 Å². The Morgan fingerprint density at radius 2 is 1.42 bits per heavy atom. The quantitative estimate of drug-likeness (QED) is 0.802. The molecule has 3 N–H and O–H groups in total. The van der Waals surface area contributed by atoms with Crippen LogP contribution in [0.5, 0.6) is 0 Å². The molecule has 1 aliphatic carbocycles. The number of carbonyl (C=O) groups is 2. The van der Waals surface area contributed by atoms with Crippen molar-refractivity contribution in [1.29, 1.82) is 0 Å². The monoisotopic (exact) mass is 331 g/mol. The molecule has 24 heavy (non-hydrogen) atoms. The molecule has 1 saturated carbocycles. The van der Waals surface area contributed by atoms with Gasteiger partial charge in [-0.3, -0.25) is 4.79 Å². The molecule has 3 amide bonds. The molecular weight excluding hydrogens is 316 g/mol.